The Bertz CT molecular complexity index is 957. The zero-order chi connectivity index (χ0) is 22.3. The van der Waals surface area contributed by atoms with E-state index in [4.69, 9.17) is 0 Å². The third kappa shape index (κ3) is 4.12. The predicted octanol–water partition coefficient (Wildman–Crippen LogP) is 3.66. The van der Waals surface area contributed by atoms with Gasteiger partial charge >= 0.3 is 6.18 Å². The molecule has 3 heterocycles. The summed E-state index contributed by atoms with van der Waals surface area (Å²) in [5.41, 5.74) is 2.01. The number of likely N-dealkylation sites (tertiary alicyclic amines) is 1. The molecule has 0 spiro atoms. The Labute approximate surface area is 179 Å². The molecule has 1 fully saturated rings. The highest BCUT2D eigenvalue weighted by Gasteiger charge is 2.39. The second-order valence-corrected chi connectivity index (χ2v) is 8.75. The SMILES string of the molecule is CC(C)C(=O)N1CC2=C(C1)C(C(=O)N1CCC(c3ccccc3C(F)(F)F)CC1)=NC2. The van der Waals surface area contributed by atoms with Crippen molar-refractivity contribution in [3.8, 4) is 0 Å². The normalized spacial score (nSPS) is 19.9. The number of piperidine rings is 1. The molecule has 1 aromatic rings. The highest BCUT2D eigenvalue weighted by molar-refractivity contribution is 6.46. The molecule has 1 saturated heterocycles. The van der Waals surface area contributed by atoms with E-state index < -0.39 is 11.7 Å². The molecule has 31 heavy (non-hydrogen) atoms. The number of alkyl halides is 3. The van der Waals surface area contributed by atoms with Gasteiger partial charge in [0.25, 0.3) is 5.91 Å². The number of nitrogens with zero attached hydrogens (tertiary/aromatic N) is 3. The van der Waals surface area contributed by atoms with Crippen LogP contribution in [0.5, 0.6) is 0 Å². The van der Waals surface area contributed by atoms with Crippen LogP contribution in [-0.2, 0) is 15.8 Å². The lowest BCUT2D eigenvalue weighted by molar-refractivity contribution is -0.138. The molecule has 8 heteroatoms. The second kappa shape index (κ2) is 8.13. The van der Waals surface area contributed by atoms with E-state index in [0.717, 1.165) is 17.2 Å². The lowest BCUT2D eigenvalue weighted by atomic mass is 9.86. The molecular weight excluding hydrogens is 407 g/mol. The first-order valence-electron chi connectivity index (χ1n) is 10.7. The summed E-state index contributed by atoms with van der Waals surface area (Å²) in [6, 6.07) is 5.71. The van der Waals surface area contributed by atoms with E-state index >= 15 is 0 Å². The average molecular weight is 433 g/mol. The van der Waals surface area contributed by atoms with E-state index in [1.807, 2.05) is 13.8 Å². The minimum atomic E-state index is -4.38. The standard InChI is InChI=1S/C23H26F3N3O2/c1-14(2)21(30)29-12-16-11-27-20(18(16)13-29)22(31)28-9-7-15(8-10-28)17-5-3-4-6-19(17)23(24,25)26/h3-6,14-15H,7-13H2,1-2H3. The Balaban J connectivity index is 1.41. The van der Waals surface area contributed by atoms with E-state index in [-0.39, 0.29) is 23.7 Å². The molecule has 0 bridgehead atoms. The molecule has 1 aromatic carbocycles. The zero-order valence-corrected chi connectivity index (χ0v) is 17.7. The van der Waals surface area contributed by atoms with Gasteiger partial charge in [-0.05, 0) is 36.0 Å². The van der Waals surface area contributed by atoms with Crippen molar-refractivity contribution in [2.45, 2.75) is 38.8 Å². The summed E-state index contributed by atoms with van der Waals surface area (Å²) in [5, 5.41) is 0. The highest BCUT2D eigenvalue weighted by Crippen LogP contribution is 2.39. The topological polar surface area (TPSA) is 53.0 Å². The number of carbonyl (C=O) groups is 2. The molecule has 0 atom stereocenters. The van der Waals surface area contributed by atoms with Crippen molar-refractivity contribution in [2.75, 3.05) is 32.7 Å². The van der Waals surface area contributed by atoms with Gasteiger partial charge in [-0.25, -0.2) is 0 Å². The molecule has 3 aliphatic rings. The Morgan fingerprint density at radius 3 is 2.39 bits per heavy atom. The summed E-state index contributed by atoms with van der Waals surface area (Å²) in [6.45, 7) is 5.86. The van der Waals surface area contributed by atoms with Gasteiger partial charge in [-0.3, -0.25) is 14.6 Å². The van der Waals surface area contributed by atoms with Crippen LogP contribution >= 0.6 is 0 Å². The van der Waals surface area contributed by atoms with Crippen molar-refractivity contribution in [2.24, 2.45) is 10.9 Å². The van der Waals surface area contributed by atoms with Gasteiger partial charge in [0.2, 0.25) is 5.91 Å². The van der Waals surface area contributed by atoms with Crippen LogP contribution in [0.4, 0.5) is 13.2 Å². The smallest absolute Gasteiger partial charge is 0.337 e. The maximum atomic E-state index is 13.4. The van der Waals surface area contributed by atoms with Gasteiger partial charge in [-0.15, -0.1) is 0 Å². The molecule has 0 unspecified atom stereocenters. The molecule has 0 aromatic heterocycles. The third-order valence-corrected chi connectivity index (χ3v) is 6.37. The number of amides is 2. The lowest BCUT2D eigenvalue weighted by Gasteiger charge is -2.33. The van der Waals surface area contributed by atoms with E-state index in [1.54, 1.807) is 21.9 Å². The van der Waals surface area contributed by atoms with Crippen LogP contribution in [0.2, 0.25) is 0 Å². The number of hydrogen-bond acceptors (Lipinski definition) is 3. The minimum Gasteiger partial charge on any atom is -0.337 e. The second-order valence-electron chi connectivity index (χ2n) is 8.75. The molecule has 4 rings (SSSR count). The summed E-state index contributed by atoms with van der Waals surface area (Å²) in [7, 11) is 0. The van der Waals surface area contributed by atoms with Gasteiger partial charge in [-0.2, -0.15) is 13.2 Å². The van der Waals surface area contributed by atoms with Crippen LogP contribution in [0.15, 0.2) is 40.4 Å². The van der Waals surface area contributed by atoms with Crippen molar-refractivity contribution in [3.63, 3.8) is 0 Å². The zero-order valence-electron chi connectivity index (χ0n) is 17.7. The van der Waals surface area contributed by atoms with Crippen LogP contribution in [0, 0.1) is 5.92 Å². The fourth-order valence-corrected chi connectivity index (χ4v) is 4.71. The molecule has 0 radical (unpaired) electrons. The summed E-state index contributed by atoms with van der Waals surface area (Å²) >= 11 is 0. The number of benzene rings is 1. The first-order valence-corrected chi connectivity index (χ1v) is 10.7. The van der Waals surface area contributed by atoms with Gasteiger partial charge in [0.15, 0.2) is 0 Å². The fraction of sp³-hybridized carbons (Fsp3) is 0.522. The number of rotatable bonds is 3. The third-order valence-electron chi connectivity index (χ3n) is 6.37. The van der Waals surface area contributed by atoms with E-state index in [1.165, 1.54) is 6.07 Å². The summed E-state index contributed by atoms with van der Waals surface area (Å²) in [5.74, 6) is -0.445. The number of hydrogen-bond donors (Lipinski definition) is 0. The quantitative estimate of drug-likeness (QED) is 0.731. The number of aliphatic imine (C=N–C) groups is 1. The van der Waals surface area contributed by atoms with Crippen LogP contribution in [0.25, 0.3) is 0 Å². The molecule has 0 N–H and O–H groups in total. The summed E-state index contributed by atoms with van der Waals surface area (Å²) in [4.78, 5) is 33.3. The molecule has 0 saturated carbocycles. The Morgan fingerprint density at radius 2 is 1.74 bits per heavy atom. The van der Waals surface area contributed by atoms with Gasteiger partial charge in [0.05, 0.1) is 12.1 Å². The Hall–Kier alpha value is -2.64. The van der Waals surface area contributed by atoms with Gasteiger partial charge in [0, 0.05) is 37.7 Å². The highest BCUT2D eigenvalue weighted by atomic mass is 19.4. The van der Waals surface area contributed by atoms with Gasteiger partial charge in [-0.1, -0.05) is 32.0 Å². The van der Waals surface area contributed by atoms with Crippen LogP contribution in [0.3, 0.4) is 0 Å². The predicted molar refractivity (Wildman–Crippen MR) is 111 cm³/mol. The van der Waals surface area contributed by atoms with Crippen molar-refractivity contribution >= 4 is 17.5 Å². The van der Waals surface area contributed by atoms with Crippen LogP contribution < -0.4 is 0 Å². The summed E-state index contributed by atoms with van der Waals surface area (Å²) < 4.78 is 40.1. The van der Waals surface area contributed by atoms with E-state index in [2.05, 4.69) is 4.99 Å². The van der Waals surface area contributed by atoms with Crippen molar-refractivity contribution in [1.29, 1.82) is 0 Å². The molecule has 2 amide bonds. The van der Waals surface area contributed by atoms with Crippen molar-refractivity contribution < 1.29 is 22.8 Å². The van der Waals surface area contributed by atoms with Crippen molar-refractivity contribution in [3.05, 3.63) is 46.5 Å². The van der Waals surface area contributed by atoms with E-state index in [9.17, 15) is 22.8 Å². The van der Waals surface area contributed by atoms with Crippen LogP contribution in [0.1, 0.15) is 43.7 Å². The fourth-order valence-electron chi connectivity index (χ4n) is 4.71. The van der Waals surface area contributed by atoms with Crippen LogP contribution in [-0.4, -0.2) is 60.0 Å². The Morgan fingerprint density at radius 1 is 1.06 bits per heavy atom. The first-order chi connectivity index (χ1) is 14.7. The average Bonchev–Trinajstić information content (AvgIpc) is 3.33. The number of halogens is 3. The molecular formula is C23H26F3N3O2. The largest absolute Gasteiger partial charge is 0.416 e. The maximum absolute atomic E-state index is 13.4. The van der Waals surface area contributed by atoms with Crippen molar-refractivity contribution in [1.82, 2.24) is 9.80 Å². The first kappa shape index (κ1) is 21.6. The monoisotopic (exact) mass is 433 g/mol. The molecule has 166 valence electrons. The van der Waals surface area contributed by atoms with Gasteiger partial charge < -0.3 is 9.80 Å². The van der Waals surface area contributed by atoms with Gasteiger partial charge in [0.1, 0.15) is 5.71 Å². The molecule has 3 aliphatic heterocycles. The maximum Gasteiger partial charge on any atom is 0.416 e. The summed E-state index contributed by atoms with van der Waals surface area (Å²) in [6.07, 6.45) is -3.42. The van der Waals surface area contributed by atoms with E-state index in [0.29, 0.717) is 56.8 Å². The molecule has 0 aliphatic carbocycles. The number of carbonyl (C=O) groups excluding carboxylic acids is 2. The Kier molecular flexibility index (Phi) is 5.66. The molecule has 5 nitrogen and oxygen atoms in total. The minimum absolute atomic E-state index is 0.0605. The lowest BCUT2D eigenvalue weighted by Crippen LogP contribution is -2.43.